The number of fused-ring (bicyclic) bond motifs is 1. The highest BCUT2D eigenvalue weighted by Gasteiger charge is 2.17. The highest BCUT2D eigenvalue weighted by atomic mass is 16.5. The molecule has 0 spiro atoms. The second-order valence-corrected chi connectivity index (χ2v) is 4.45. The fourth-order valence-electron chi connectivity index (χ4n) is 2.34. The first-order chi connectivity index (χ1) is 9.30. The summed E-state index contributed by atoms with van der Waals surface area (Å²) in [6.07, 6.45) is 3.19. The quantitative estimate of drug-likeness (QED) is 0.763. The van der Waals surface area contributed by atoms with E-state index in [9.17, 15) is 0 Å². The molecule has 0 atom stereocenters. The van der Waals surface area contributed by atoms with E-state index in [1.165, 1.54) is 5.56 Å². The summed E-state index contributed by atoms with van der Waals surface area (Å²) in [7, 11) is 3.29. The maximum atomic E-state index is 8.62. The van der Waals surface area contributed by atoms with Gasteiger partial charge in [0, 0.05) is 24.2 Å². The van der Waals surface area contributed by atoms with Crippen molar-refractivity contribution in [2.24, 2.45) is 4.99 Å². The zero-order chi connectivity index (χ0) is 13.7. The summed E-state index contributed by atoms with van der Waals surface area (Å²) >= 11 is 0. The highest BCUT2D eigenvalue weighted by molar-refractivity contribution is 6.03. The van der Waals surface area contributed by atoms with E-state index in [1.807, 2.05) is 12.1 Å². The number of nitrogens with zero attached hydrogens (tertiary/aromatic N) is 2. The number of hydrogen-bond donors (Lipinski definition) is 0. The van der Waals surface area contributed by atoms with Gasteiger partial charge in [0.05, 0.1) is 20.3 Å². The molecule has 1 aliphatic heterocycles. The van der Waals surface area contributed by atoms with Crippen LogP contribution in [0.15, 0.2) is 17.1 Å². The van der Waals surface area contributed by atoms with Crippen molar-refractivity contribution in [3.8, 4) is 17.6 Å². The van der Waals surface area contributed by atoms with Crippen LogP contribution in [0.1, 0.15) is 30.4 Å². The minimum Gasteiger partial charge on any atom is -0.493 e. The molecular weight excluding hydrogens is 240 g/mol. The minimum absolute atomic E-state index is 0.571. The van der Waals surface area contributed by atoms with Gasteiger partial charge >= 0.3 is 0 Å². The molecule has 0 unspecified atom stereocenters. The number of rotatable bonds is 5. The second kappa shape index (κ2) is 6.24. The molecule has 0 radical (unpaired) electrons. The summed E-state index contributed by atoms with van der Waals surface area (Å²) < 4.78 is 10.7. The van der Waals surface area contributed by atoms with Crippen LogP contribution < -0.4 is 9.47 Å². The van der Waals surface area contributed by atoms with Gasteiger partial charge in [-0.2, -0.15) is 5.26 Å². The standard InChI is InChI=1S/C15H18N2O2/c1-18-14-9-11-6-8-17-13(5-3-4-7-16)12(11)10-15(14)19-2/h9-10H,3-6,8H2,1-2H3. The molecule has 1 aromatic carbocycles. The van der Waals surface area contributed by atoms with E-state index in [0.29, 0.717) is 6.42 Å². The van der Waals surface area contributed by atoms with Gasteiger partial charge < -0.3 is 9.47 Å². The fraction of sp³-hybridized carbons (Fsp3) is 0.467. The molecule has 1 aromatic rings. The largest absolute Gasteiger partial charge is 0.493 e. The first-order valence-electron chi connectivity index (χ1n) is 6.45. The van der Waals surface area contributed by atoms with E-state index in [-0.39, 0.29) is 0 Å². The van der Waals surface area contributed by atoms with E-state index in [4.69, 9.17) is 14.7 Å². The Labute approximate surface area is 113 Å². The molecule has 0 saturated carbocycles. The maximum Gasteiger partial charge on any atom is 0.161 e. The molecule has 0 bridgehead atoms. The number of benzene rings is 1. The first-order valence-corrected chi connectivity index (χ1v) is 6.45. The topological polar surface area (TPSA) is 54.6 Å². The Hall–Kier alpha value is -2.02. The second-order valence-electron chi connectivity index (χ2n) is 4.45. The SMILES string of the molecule is COc1cc2c(cc1OC)C(CCCC#N)=NCC2. The fourth-order valence-corrected chi connectivity index (χ4v) is 2.34. The Balaban J connectivity index is 2.30. The molecule has 2 rings (SSSR count). The molecule has 0 saturated heterocycles. The lowest BCUT2D eigenvalue weighted by Gasteiger charge is -2.19. The van der Waals surface area contributed by atoms with Crippen LogP contribution >= 0.6 is 0 Å². The van der Waals surface area contributed by atoms with Crippen LogP contribution in [-0.2, 0) is 6.42 Å². The van der Waals surface area contributed by atoms with Gasteiger partial charge in [-0.15, -0.1) is 0 Å². The molecule has 1 aliphatic rings. The Morgan fingerprint density at radius 1 is 1.26 bits per heavy atom. The van der Waals surface area contributed by atoms with Gasteiger partial charge in [-0.1, -0.05) is 0 Å². The molecule has 0 aromatic heterocycles. The smallest absolute Gasteiger partial charge is 0.161 e. The number of unbranched alkanes of at least 4 members (excludes halogenated alkanes) is 1. The van der Waals surface area contributed by atoms with E-state index >= 15 is 0 Å². The van der Waals surface area contributed by atoms with Crippen LogP contribution in [0.5, 0.6) is 11.5 Å². The molecule has 0 amide bonds. The highest BCUT2D eigenvalue weighted by Crippen LogP contribution is 2.33. The van der Waals surface area contributed by atoms with Crippen molar-refractivity contribution in [1.82, 2.24) is 0 Å². The number of methoxy groups -OCH3 is 2. The number of aliphatic imine (C=N–C) groups is 1. The molecule has 0 fully saturated rings. The van der Waals surface area contributed by atoms with E-state index < -0.39 is 0 Å². The number of hydrogen-bond acceptors (Lipinski definition) is 4. The third-order valence-electron chi connectivity index (χ3n) is 3.31. The molecule has 0 N–H and O–H groups in total. The Morgan fingerprint density at radius 3 is 2.68 bits per heavy atom. The van der Waals surface area contributed by atoms with Gasteiger partial charge in [-0.25, -0.2) is 0 Å². The normalized spacial score (nSPS) is 13.2. The minimum atomic E-state index is 0.571. The van der Waals surface area contributed by atoms with Crippen molar-refractivity contribution in [3.63, 3.8) is 0 Å². The molecule has 100 valence electrons. The van der Waals surface area contributed by atoms with Crippen molar-refractivity contribution in [3.05, 3.63) is 23.3 Å². The Bertz CT molecular complexity index is 530. The van der Waals surface area contributed by atoms with Gasteiger partial charge in [0.2, 0.25) is 0 Å². The van der Waals surface area contributed by atoms with E-state index in [0.717, 1.165) is 48.6 Å². The van der Waals surface area contributed by atoms with Crippen molar-refractivity contribution in [2.75, 3.05) is 20.8 Å². The number of nitriles is 1. The number of ether oxygens (including phenoxy) is 2. The zero-order valence-corrected chi connectivity index (χ0v) is 11.4. The first kappa shape index (κ1) is 13.4. The van der Waals surface area contributed by atoms with Gasteiger partial charge in [0.25, 0.3) is 0 Å². The van der Waals surface area contributed by atoms with Crippen molar-refractivity contribution >= 4 is 5.71 Å². The van der Waals surface area contributed by atoms with E-state index in [2.05, 4.69) is 11.1 Å². The third-order valence-corrected chi connectivity index (χ3v) is 3.31. The monoisotopic (exact) mass is 258 g/mol. The van der Waals surface area contributed by atoms with Crippen LogP contribution in [0.3, 0.4) is 0 Å². The summed E-state index contributed by atoms with van der Waals surface area (Å²) in [5, 5.41) is 8.62. The summed E-state index contributed by atoms with van der Waals surface area (Å²) in [4.78, 5) is 4.58. The maximum absolute atomic E-state index is 8.62. The van der Waals surface area contributed by atoms with Crippen LogP contribution in [0.2, 0.25) is 0 Å². The van der Waals surface area contributed by atoms with Crippen molar-refractivity contribution < 1.29 is 9.47 Å². The molecule has 19 heavy (non-hydrogen) atoms. The van der Waals surface area contributed by atoms with E-state index in [1.54, 1.807) is 14.2 Å². The van der Waals surface area contributed by atoms with Crippen LogP contribution in [0, 0.1) is 11.3 Å². The molecule has 1 heterocycles. The van der Waals surface area contributed by atoms with Crippen LogP contribution in [0.25, 0.3) is 0 Å². The Morgan fingerprint density at radius 2 is 2.00 bits per heavy atom. The molecular formula is C15H18N2O2. The van der Waals surface area contributed by atoms with Gasteiger partial charge in [-0.3, -0.25) is 4.99 Å². The molecule has 4 nitrogen and oxygen atoms in total. The third kappa shape index (κ3) is 2.87. The van der Waals surface area contributed by atoms with Gasteiger partial charge in [-0.05, 0) is 37.0 Å². The van der Waals surface area contributed by atoms with Crippen LogP contribution in [-0.4, -0.2) is 26.5 Å². The predicted octanol–water partition coefficient (Wildman–Crippen LogP) is 2.74. The van der Waals surface area contributed by atoms with Crippen molar-refractivity contribution in [2.45, 2.75) is 25.7 Å². The summed E-state index contributed by atoms with van der Waals surface area (Å²) in [6.45, 7) is 0.810. The van der Waals surface area contributed by atoms with Gasteiger partial charge in [0.15, 0.2) is 11.5 Å². The average molecular weight is 258 g/mol. The lowest BCUT2D eigenvalue weighted by Crippen LogP contribution is -2.13. The lowest BCUT2D eigenvalue weighted by molar-refractivity contribution is 0.354. The zero-order valence-electron chi connectivity index (χ0n) is 11.4. The molecule has 0 aliphatic carbocycles. The van der Waals surface area contributed by atoms with Crippen molar-refractivity contribution in [1.29, 1.82) is 5.26 Å². The molecule has 4 heteroatoms. The van der Waals surface area contributed by atoms with Gasteiger partial charge in [0.1, 0.15) is 0 Å². The summed E-state index contributed by atoms with van der Waals surface area (Å²) in [6, 6.07) is 6.21. The lowest BCUT2D eigenvalue weighted by atomic mass is 9.94. The summed E-state index contributed by atoms with van der Waals surface area (Å²) in [5.41, 5.74) is 3.47. The predicted molar refractivity (Wildman–Crippen MR) is 74.1 cm³/mol. The summed E-state index contributed by atoms with van der Waals surface area (Å²) in [5.74, 6) is 1.50. The van der Waals surface area contributed by atoms with Crippen LogP contribution in [0.4, 0.5) is 0 Å². The Kier molecular flexibility index (Phi) is 4.40. The average Bonchev–Trinajstić information content (AvgIpc) is 2.46.